The minimum Gasteiger partial charge on any atom is -0.447 e. The molecule has 1 saturated heterocycles. The molecule has 1 unspecified atom stereocenters. The third-order valence-corrected chi connectivity index (χ3v) is 7.42. The van der Waals surface area contributed by atoms with Gasteiger partial charge in [-0.2, -0.15) is 0 Å². The Hall–Kier alpha value is -3.86. The van der Waals surface area contributed by atoms with E-state index in [1.807, 2.05) is 59.7 Å². The molecule has 1 atom stereocenters. The van der Waals surface area contributed by atoms with Crippen molar-refractivity contribution >= 4 is 40.5 Å². The predicted molar refractivity (Wildman–Crippen MR) is 156 cm³/mol. The number of nitrogens with one attached hydrogen (secondary N) is 1. The van der Waals surface area contributed by atoms with E-state index in [-0.39, 0.29) is 6.61 Å². The average Bonchev–Trinajstić information content (AvgIpc) is 2.87. The van der Waals surface area contributed by atoms with Gasteiger partial charge in [0.05, 0.1) is 6.04 Å². The van der Waals surface area contributed by atoms with Crippen LogP contribution >= 0.6 is 0 Å². The molecule has 222 valence electrons. The van der Waals surface area contributed by atoms with E-state index in [1.54, 1.807) is 12.1 Å². The highest BCUT2D eigenvalue weighted by Crippen LogP contribution is 2.39. The summed E-state index contributed by atoms with van der Waals surface area (Å²) >= 11 is 0. The molecule has 0 bridgehead atoms. The second kappa shape index (κ2) is 11.6. The van der Waals surface area contributed by atoms with Gasteiger partial charge in [-0.15, -0.1) is 0 Å². The second-order valence-corrected chi connectivity index (χ2v) is 12.6. The summed E-state index contributed by atoms with van der Waals surface area (Å²) < 4.78 is 10.4. The zero-order valence-corrected chi connectivity index (χ0v) is 24.8. The highest BCUT2D eigenvalue weighted by atomic mass is 16.6. The lowest BCUT2D eigenvalue weighted by Crippen LogP contribution is -2.54. The number of amides is 4. The predicted octanol–water partition coefficient (Wildman–Crippen LogP) is 3.59. The van der Waals surface area contributed by atoms with Crippen LogP contribution in [0.1, 0.15) is 62.3 Å². The summed E-state index contributed by atoms with van der Waals surface area (Å²) in [5.41, 5.74) is 5.96. The molecule has 1 fully saturated rings. The van der Waals surface area contributed by atoms with Crippen LogP contribution in [0.4, 0.5) is 15.3 Å². The van der Waals surface area contributed by atoms with Gasteiger partial charge in [0.15, 0.2) is 0 Å². The first-order valence-electron chi connectivity index (χ1n) is 14.0. The zero-order chi connectivity index (χ0) is 30.1. The van der Waals surface area contributed by atoms with Crippen molar-refractivity contribution in [2.75, 3.05) is 50.8 Å². The smallest absolute Gasteiger partial charge is 0.407 e. The summed E-state index contributed by atoms with van der Waals surface area (Å²) in [6.45, 7) is 15.3. The first kappa shape index (κ1) is 30.1. The van der Waals surface area contributed by atoms with E-state index in [2.05, 4.69) is 15.1 Å². The lowest BCUT2D eigenvalue weighted by Gasteiger charge is -2.41. The number of nitrogens with zero attached hydrogens (tertiary/aromatic N) is 3. The van der Waals surface area contributed by atoms with E-state index < -0.39 is 41.1 Å². The van der Waals surface area contributed by atoms with Crippen molar-refractivity contribution in [3.8, 4) is 0 Å². The van der Waals surface area contributed by atoms with Gasteiger partial charge in [0, 0.05) is 66.9 Å². The minimum atomic E-state index is -0.956. The van der Waals surface area contributed by atoms with Crippen molar-refractivity contribution in [1.29, 1.82) is 0 Å². The molecular weight excluding hydrogens is 526 g/mol. The number of rotatable bonds is 7. The topological polar surface area (TPSA) is 135 Å². The first-order chi connectivity index (χ1) is 19.2. The van der Waals surface area contributed by atoms with Crippen LogP contribution in [0.3, 0.4) is 0 Å². The molecule has 4 rings (SSSR count). The SMILES string of the molecule is CC(C)(C)OC(=O)NCCN1CCN(c2ccc3c4c(cccc24)C(=O)N(C(COC(N)=O)C(C)(C)C)C3=O)CC1. The van der Waals surface area contributed by atoms with E-state index in [4.69, 9.17) is 15.2 Å². The fourth-order valence-corrected chi connectivity index (χ4v) is 5.37. The average molecular weight is 568 g/mol. The number of hydrogen-bond donors (Lipinski definition) is 2. The third-order valence-electron chi connectivity index (χ3n) is 7.42. The Morgan fingerprint density at radius 3 is 2.17 bits per heavy atom. The number of ether oxygens (including phenoxy) is 2. The van der Waals surface area contributed by atoms with Crippen LogP contribution in [-0.4, -0.2) is 91.3 Å². The fraction of sp³-hybridized carbons (Fsp3) is 0.533. The molecular formula is C30H41N5O6. The molecule has 2 aromatic carbocycles. The van der Waals surface area contributed by atoms with Crippen LogP contribution in [0.15, 0.2) is 30.3 Å². The van der Waals surface area contributed by atoms with Crippen LogP contribution in [-0.2, 0) is 9.47 Å². The van der Waals surface area contributed by atoms with E-state index in [9.17, 15) is 19.2 Å². The Balaban J connectivity index is 1.51. The molecule has 0 aliphatic carbocycles. The standard InChI is InChI=1S/C30H41N5O6/c1-29(2,3)23(18-40-27(31)38)35-25(36)20-9-7-8-19-22(11-10-21(24(19)20)26(35)37)34-16-14-33(15-17-34)13-12-32-28(39)41-30(4,5)6/h7-11,23H,12-18H2,1-6H3,(H2,31,38)(H,32,39). The number of hydrogen-bond acceptors (Lipinski definition) is 8. The van der Waals surface area contributed by atoms with Gasteiger partial charge in [-0.3, -0.25) is 19.4 Å². The molecule has 4 amide bonds. The van der Waals surface area contributed by atoms with Gasteiger partial charge in [0.2, 0.25) is 0 Å². The van der Waals surface area contributed by atoms with Crippen LogP contribution in [0.25, 0.3) is 10.8 Å². The summed E-state index contributed by atoms with van der Waals surface area (Å²) in [6.07, 6.45) is -1.38. The van der Waals surface area contributed by atoms with Crippen LogP contribution in [0.2, 0.25) is 0 Å². The Morgan fingerprint density at radius 1 is 0.951 bits per heavy atom. The Kier molecular flexibility index (Phi) is 8.49. The Bertz CT molecular complexity index is 1320. The molecule has 2 aliphatic heterocycles. The van der Waals surface area contributed by atoms with Crippen molar-refractivity contribution in [3.05, 3.63) is 41.5 Å². The highest BCUT2D eigenvalue weighted by molar-refractivity contribution is 6.27. The van der Waals surface area contributed by atoms with Crippen molar-refractivity contribution in [3.63, 3.8) is 0 Å². The second-order valence-electron chi connectivity index (χ2n) is 12.6. The van der Waals surface area contributed by atoms with Gasteiger partial charge in [-0.25, -0.2) is 9.59 Å². The van der Waals surface area contributed by atoms with Crippen LogP contribution < -0.4 is 16.0 Å². The van der Waals surface area contributed by atoms with Crippen molar-refractivity contribution < 1.29 is 28.7 Å². The number of alkyl carbamates (subject to hydrolysis) is 1. The fourth-order valence-electron chi connectivity index (χ4n) is 5.37. The number of benzene rings is 2. The van der Waals surface area contributed by atoms with Crippen molar-refractivity contribution in [2.45, 2.75) is 53.2 Å². The summed E-state index contributed by atoms with van der Waals surface area (Å²) in [6, 6.07) is 8.55. The summed E-state index contributed by atoms with van der Waals surface area (Å²) in [5, 5.41) is 4.30. The maximum Gasteiger partial charge on any atom is 0.407 e. The minimum absolute atomic E-state index is 0.183. The van der Waals surface area contributed by atoms with Gasteiger partial charge in [0.1, 0.15) is 12.2 Å². The number of carbonyl (C=O) groups is 4. The molecule has 11 nitrogen and oxygen atoms in total. The molecule has 3 N–H and O–H groups in total. The maximum absolute atomic E-state index is 13.8. The molecule has 2 heterocycles. The Morgan fingerprint density at radius 2 is 1.59 bits per heavy atom. The molecule has 2 aromatic rings. The number of piperazine rings is 1. The molecule has 0 radical (unpaired) electrons. The molecule has 0 spiro atoms. The summed E-state index contributed by atoms with van der Waals surface area (Å²) in [5.74, 6) is -0.832. The highest BCUT2D eigenvalue weighted by Gasteiger charge is 2.43. The number of carbonyl (C=O) groups excluding carboxylic acids is 4. The van der Waals surface area contributed by atoms with E-state index in [1.165, 1.54) is 4.90 Å². The van der Waals surface area contributed by atoms with Gasteiger partial charge >= 0.3 is 12.2 Å². The third kappa shape index (κ3) is 6.73. The zero-order valence-electron chi connectivity index (χ0n) is 24.8. The molecule has 41 heavy (non-hydrogen) atoms. The largest absolute Gasteiger partial charge is 0.447 e. The summed E-state index contributed by atoms with van der Waals surface area (Å²) in [4.78, 5) is 56.6. The quantitative estimate of drug-likeness (QED) is 0.485. The number of imide groups is 1. The lowest BCUT2D eigenvalue weighted by molar-refractivity contribution is 0.0246. The normalized spacial score (nSPS) is 17.0. The number of primary amides is 1. The van der Waals surface area contributed by atoms with Gasteiger partial charge < -0.3 is 25.4 Å². The molecule has 2 aliphatic rings. The van der Waals surface area contributed by atoms with Crippen molar-refractivity contribution in [2.24, 2.45) is 11.1 Å². The Labute approximate surface area is 240 Å². The maximum atomic E-state index is 13.8. The number of anilines is 1. The monoisotopic (exact) mass is 567 g/mol. The molecule has 0 saturated carbocycles. The first-order valence-corrected chi connectivity index (χ1v) is 14.0. The van der Waals surface area contributed by atoms with Gasteiger partial charge in [0.25, 0.3) is 11.8 Å². The van der Waals surface area contributed by atoms with E-state index >= 15 is 0 Å². The van der Waals surface area contributed by atoms with Gasteiger partial charge in [-0.1, -0.05) is 32.9 Å². The molecule has 0 aromatic heterocycles. The van der Waals surface area contributed by atoms with Crippen LogP contribution in [0.5, 0.6) is 0 Å². The van der Waals surface area contributed by atoms with Gasteiger partial charge in [-0.05, 0) is 44.4 Å². The van der Waals surface area contributed by atoms with Crippen LogP contribution in [0, 0.1) is 5.41 Å². The van der Waals surface area contributed by atoms with Crippen molar-refractivity contribution in [1.82, 2.24) is 15.1 Å². The molecule has 11 heteroatoms. The van der Waals surface area contributed by atoms with E-state index in [0.717, 1.165) is 37.3 Å². The lowest BCUT2D eigenvalue weighted by atomic mass is 9.83. The summed E-state index contributed by atoms with van der Waals surface area (Å²) in [7, 11) is 0. The van der Waals surface area contributed by atoms with E-state index in [0.29, 0.717) is 29.6 Å². The number of nitrogens with two attached hydrogens (primary N) is 1.